The van der Waals surface area contributed by atoms with Crippen LogP contribution in [0.1, 0.15) is 147 Å². The van der Waals surface area contributed by atoms with Gasteiger partial charge in [-0.3, -0.25) is 19.2 Å². The number of allylic oxidation sites excluding steroid dienone is 3. The molecule has 8 nitrogen and oxygen atoms in total. The third-order valence-electron chi connectivity index (χ3n) is 15.8. The van der Waals surface area contributed by atoms with Gasteiger partial charge in [-0.2, -0.15) is 0 Å². The Morgan fingerprint density at radius 2 is 1.62 bits per heavy atom. The highest BCUT2D eigenvalue weighted by molar-refractivity contribution is 6.30. The van der Waals surface area contributed by atoms with Crippen LogP contribution < -0.4 is 5.32 Å². The van der Waals surface area contributed by atoms with Crippen LogP contribution in [0, 0.1) is 56.2 Å². The van der Waals surface area contributed by atoms with Crippen LogP contribution in [0.5, 0.6) is 0 Å². The SMILES string of the molecule is CC(C)C1=C2[C@H]3CC[C@@H]4[C@@]5(C)CC[C@H](OC(=O)CC(C)(C)C(=O)OC(C)(C)C)C(C)(C)[C@@H]5CC[C@@]4(C)[C@]3(C)CC[C@@]2(/C=C/C(=O)Nc2ccc(Cl)cn2)CC1=O. The highest BCUT2D eigenvalue weighted by Gasteiger charge is 2.70. The van der Waals surface area contributed by atoms with Gasteiger partial charge in [0.2, 0.25) is 5.91 Å². The van der Waals surface area contributed by atoms with Crippen molar-refractivity contribution >= 4 is 41.0 Å². The Morgan fingerprint density at radius 3 is 2.25 bits per heavy atom. The largest absolute Gasteiger partial charge is 0.462 e. The van der Waals surface area contributed by atoms with Crippen LogP contribution in [-0.4, -0.2) is 40.3 Å². The minimum atomic E-state index is -0.984. The van der Waals surface area contributed by atoms with Crippen molar-refractivity contribution in [3.05, 3.63) is 46.7 Å². The summed E-state index contributed by atoms with van der Waals surface area (Å²) >= 11 is 6.00. The number of carbonyl (C=O) groups is 4. The van der Waals surface area contributed by atoms with Gasteiger partial charge < -0.3 is 14.8 Å². The van der Waals surface area contributed by atoms with Crippen molar-refractivity contribution in [2.75, 3.05) is 5.32 Å². The Balaban J connectivity index is 1.24. The number of ether oxygens (including phenoxy) is 2. The Kier molecular flexibility index (Phi) is 10.9. The summed E-state index contributed by atoms with van der Waals surface area (Å²) in [6, 6.07) is 3.38. The molecule has 0 radical (unpaired) electrons. The molecule has 1 N–H and O–H groups in total. The third kappa shape index (κ3) is 7.21. The van der Waals surface area contributed by atoms with E-state index >= 15 is 0 Å². The van der Waals surface area contributed by atoms with E-state index in [1.54, 1.807) is 32.1 Å². The molecule has 6 rings (SSSR count). The van der Waals surface area contributed by atoms with Crippen LogP contribution in [0.3, 0.4) is 0 Å². The summed E-state index contributed by atoms with van der Waals surface area (Å²) in [5.41, 5.74) is 0.0744. The van der Waals surface area contributed by atoms with Gasteiger partial charge in [0.25, 0.3) is 0 Å². The fourth-order valence-corrected chi connectivity index (χ4v) is 13.1. The van der Waals surface area contributed by atoms with Crippen molar-refractivity contribution in [3.8, 4) is 0 Å². The average molecular weight is 792 g/mol. The smallest absolute Gasteiger partial charge is 0.312 e. The minimum absolute atomic E-state index is 0.0164. The van der Waals surface area contributed by atoms with Crippen LogP contribution in [0.2, 0.25) is 5.02 Å². The normalized spacial score (nSPS) is 35.4. The molecule has 5 aliphatic carbocycles. The summed E-state index contributed by atoms with van der Waals surface area (Å²) in [7, 11) is 0. The number of halogens is 1. The number of fused-ring (bicyclic) bond motifs is 7. The first kappa shape index (κ1) is 42.6. The first-order chi connectivity index (χ1) is 25.8. The van der Waals surface area contributed by atoms with E-state index in [0.29, 0.717) is 29.1 Å². The van der Waals surface area contributed by atoms with Crippen molar-refractivity contribution in [1.82, 2.24) is 4.98 Å². The molecule has 1 amide bonds. The lowest BCUT2D eigenvalue weighted by molar-refractivity contribution is -0.232. The van der Waals surface area contributed by atoms with Crippen molar-refractivity contribution in [2.45, 2.75) is 159 Å². The lowest BCUT2D eigenvalue weighted by Crippen LogP contribution is -2.65. The molecule has 308 valence electrons. The van der Waals surface area contributed by atoms with E-state index in [0.717, 1.165) is 56.9 Å². The molecule has 9 heteroatoms. The number of pyridine rings is 1. The summed E-state index contributed by atoms with van der Waals surface area (Å²) in [5.74, 6) is 0.900. The fraction of sp³-hybridized carbons (Fsp3) is 0.723. The molecule has 56 heavy (non-hydrogen) atoms. The molecule has 0 aliphatic heterocycles. The molecule has 8 atom stereocenters. The molecule has 0 bridgehead atoms. The lowest BCUT2D eigenvalue weighted by Gasteiger charge is -2.72. The maximum absolute atomic E-state index is 14.0. The quantitative estimate of drug-likeness (QED) is 0.206. The Hall–Kier alpha value is -3.00. The Bertz CT molecular complexity index is 1820. The van der Waals surface area contributed by atoms with Crippen molar-refractivity contribution in [2.24, 2.45) is 56.2 Å². The highest BCUT2D eigenvalue weighted by Crippen LogP contribution is 2.77. The zero-order valence-electron chi connectivity index (χ0n) is 36.1. The van der Waals surface area contributed by atoms with E-state index in [4.69, 9.17) is 21.1 Å². The standard InChI is InChI=1S/C47H67ClN2O6/c1-28(2)38-31(51)25-47(22-19-36(52)50-35-16-13-29(48)27-49-35)24-23-45(11)30(39(38)47)14-15-33-44(10)20-18-34(43(8,9)32(44)17-21-46(33,45)12)55-37(53)26-42(6,7)40(54)56-41(3,4)5/h13,16,19,22,27-28,30,32-34H,14-15,17-18,20-21,23-26H2,1-12H3,(H,49,50,52)/b22-19+/t30-,32+,33-,34+,44+,45-,46-,47+/m1/s1. The zero-order chi connectivity index (χ0) is 41.4. The van der Waals surface area contributed by atoms with Gasteiger partial charge in [0.05, 0.1) is 16.9 Å². The summed E-state index contributed by atoms with van der Waals surface area (Å²) in [5, 5.41) is 3.37. The van der Waals surface area contributed by atoms with Crippen LogP contribution in [0.15, 0.2) is 41.6 Å². The first-order valence-electron chi connectivity index (χ1n) is 21.1. The second-order valence-corrected chi connectivity index (χ2v) is 21.9. The number of hydrogen-bond donors (Lipinski definition) is 1. The lowest BCUT2D eigenvalue weighted by atomic mass is 9.33. The van der Waals surface area contributed by atoms with Crippen LogP contribution in [0.4, 0.5) is 5.82 Å². The number of nitrogens with zero attached hydrogens (tertiary/aromatic N) is 1. The maximum atomic E-state index is 14.0. The summed E-state index contributed by atoms with van der Waals surface area (Å²) in [6.45, 7) is 25.5. The predicted molar refractivity (Wildman–Crippen MR) is 221 cm³/mol. The van der Waals surface area contributed by atoms with E-state index in [1.165, 1.54) is 11.8 Å². The molecule has 4 saturated carbocycles. The number of amides is 1. The van der Waals surface area contributed by atoms with E-state index in [1.807, 2.05) is 26.8 Å². The van der Waals surface area contributed by atoms with Crippen molar-refractivity contribution < 1.29 is 28.7 Å². The van der Waals surface area contributed by atoms with Gasteiger partial charge in [-0.05, 0) is 149 Å². The van der Waals surface area contributed by atoms with Gasteiger partial charge in [0.15, 0.2) is 5.78 Å². The number of aromatic nitrogens is 1. The Labute approximate surface area is 340 Å². The summed E-state index contributed by atoms with van der Waals surface area (Å²) in [4.78, 5) is 57.9. The number of anilines is 1. The van der Waals surface area contributed by atoms with Gasteiger partial charge >= 0.3 is 11.9 Å². The second kappa shape index (κ2) is 14.4. The maximum Gasteiger partial charge on any atom is 0.312 e. The van der Waals surface area contributed by atoms with E-state index in [2.05, 4.69) is 58.8 Å². The van der Waals surface area contributed by atoms with Crippen molar-refractivity contribution in [1.29, 1.82) is 0 Å². The number of carbonyl (C=O) groups excluding carboxylic acids is 4. The predicted octanol–water partition coefficient (Wildman–Crippen LogP) is 10.9. The molecular weight excluding hydrogens is 724 g/mol. The third-order valence-corrected chi connectivity index (χ3v) is 16.0. The van der Waals surface area contributed by atoms with Crippen LogP contribution >= 0.6 is 11.6 Å². The van der Waals surface area contributed by atoms with E-state index in [9.17, 15) is 19.2 Å². The monoisotopic (exact) mass is 790 g/mol. The summed E-state index contributed by atoms with van der Waals surface area (Å²) < 4.78 is 12.0. The first-order valence-corrected chi connectivity index (χ1v) is 21.5. The molecule has 0 unspecified atom stereocenters. The Morgan fingerprint density at radius 1 is 0.929 bits per heavy atom. The molecule has 0 aromatic carbocycles. The number of ketones is 1. The molecule has 1 aromatic rings. The highest BCUT2D eigenvalue weighted by atomic mass is 35.5. The minimum Gasteiger partial charge on any atom is -0.462 e. The summed E-state index contributed by atoms with van der Waals surface area (Å²) in [6.07, 6.45) is 13.2. The van der Waals surface area contributed by atoms with Gasteiger partial charge in [0.1, 0.15) is 17.5 Å². The molecule has 0 saturated heterocycles. The average Bonchev–Trinajstić information content (AvgIpc) is 3.38. The topological polar surface area (TPSA) is 112 Å². The molecule has 0 spiro atoms. The number of nitrogens with one attached hydrogen (secondary N) is 1. The number of hydrogen-bond acceptors (Lipinski definition) is 7. The molecule has 4 fully saturated rings. The second-order valence-electron chi connectivity index (χ2n) is 21.4. The zero-order valence-corrected chi connectivity index (χ0v) is 36.9. The molecular formula is C47H67ClN2O6. The molecule has 1 aromatic heterocycles. The van der Waals surface area contributed by atoms with Gasteiger partial charge in [-0.25, -0.2) is 4.98 Å². The fourth-order valence-electron chi connectivity index (χ4n) is 12.9. The number of rotatable bonds is 8. The molecule has 1 heterocycles. The molecule has 5 aliphatic rings. The van der Waals surface area contributed by atoms with E-state index < -0.39 is 16.4 Å². The number of Topliss-reactive ketones (excluding diaryl/α,β-unsaturated/α-hetero) is 1. The number of esters is 2. The van der Waals surface area contributed by atoms with Gasteiger partial charge in [-0.1, -0.05) is 66.1 Å². The van der Waals surface area contributed by atoms with Crippen LogP contribution in [-0.2, 0) is 28.7 Å². The van der Waals surface area contributed by atoms with Gasteiger partial charge in [0, 0.05) is 29.5 Å². The van der Waals surface area contributed by atoms with Crippen molar-refractivity contribution in [3.63, 3.8) is 0 Å². The van der Waals surface area contributed by atoms with E-state index in [-0.39, 0.29) is 69.6 Å². The van der Waals surface area contributed by atoms with Crippen LogP contribution in [0.25, 0.3) is 0 Å². The van der Waals surface area contributed by atoms with Gasteiger partial charge in [-0.15, -0.1) is 0 Å².